The fourth-order valence-corrected chi connectivity index (χ4v) is 2.76. The number of hydrogen-bond donors (Lipinski definition) is 1. The van der Waals surface area contributed by atoms with E-state index in [-0.39, 0.29) is 6.04 Å². The van der Waals surface area contributed by atoms with Gasteiger partial charge in [0.1, 0.15) is 0 Å². The second kappa shape index (κ2) is 5.09. The molecule has 1 fully saturated rings. The molecule has 2 heteroatoms. The van der Waals surface area contributed by atoms with Crippen molar-refractivity contribution in [3.05, 3.63) is 29.8 Å². The highest BCUT2D eigenvalue weighted by Gasteiger charge is 2.24. The third-order valence-electron chi connectivity index (χ3n) is 3.85. The van der Waals surface area contributed by atoms with Gasteiger partial charge in [-0.05, 0) is 44.2 Å². The lowest BCUT2D eigenvalue weighted by Gasteiger charge is -2.40. The van der Waals surface area contributed by atoms with Crippen molar-refractivity contribution in [2.24, 2.45) is 11.7 Å². The minimum atomic E-state index is 0.107. The molecule has 17 heavy (non-hydrogen) atoms. The minimum absolute atomic E-state index is 0.107. The topological polar surface area (TPSA) is 29.3 Å². The van der Waals surface area contributed by atoms with Crippen LogP contribution in [0.3, 0.4) is 0 Å². The molecule has 0 spiro atoms. The van der Waals surface area contributed by atoms with E-state index >= 15 is 0 Å². The molecule has 0 aromatic heterocycles. The van der Waals surface area contributed by atoms with Gasteiger partial charge in [0.15, 0.2) is 0 Å². The Morgan fingerprint density at radius 3 is 2.65 bits per heavy atom. The van der Waals surface area contributed by atoms with Gasteiger partial charge in [0.25, 0.3) is 0 Å². The van der Waals surface area contributed by atoms with E-state index in [2.05, 4.69) is 49.9 Å². The van der Waals surface area contributed by atoms with Crippen LogP contribution in [0.15, 0.2) is 24.3 Å². The van der Waals surface area contributed by atoms with Crippen molar-refractivity contribution in [3.8, 4) is 0 Å². The zero-order chi connectivity index (χ0) is 12.4. The normalized spacial score (nSPS) is 26.9. The Hall–Kier alpha value is -1.02. The molecule has 1 saturated heterocycles. The second-order valence-corrected chi connectivity index (χ2v) is 5.53. The molecule has 1 aliphatic heterocycles. The summed E-state index contributed by atoms with van der Waals surface area (Å²) in [4.78, 5) is 2.53. The minimum Gasteiger partial charge on any atom is -0.368 e. The van der Waals surface area contributed by atoms with Crippen molar-refractivity contribution in [2.75, 3.05) is 11.4 Å². The number of para-hydroxylation sites is 1. The van der Waals surface area contributed by atoms with Crippen molar-refractivity contribution in [2.45, 2.75) is 45.7 Å². The van der Waals surface area contributed by atoms with Gasteiger partial charge in [0.2, 0.25) is 0 Å². The van der Waals surface area contributed by atoms with E-state index < -0.39 is 0 Å². The van der Waals surface area contributed by atoms with Crippen molar-refractivity contribution in [1.29, 1.82) is 0 Å². The highest BCUT2D eigenvalue weighted by molar-refractivity contribution is 5.55. The number of nitrogens with zero attached hydrogens (tertiary/aromatic N) is 1. The second-order valence-electron chi connectivity index (χ2n) is 5.53. The average molecular weight is 232 g/mol. The molecule has 94 valence electrons. The van der Waals surface area contributed by atoms with Crippen molar-refractivity contribution >= 4 is 5.69 Å². The molecular weight excluding hydrogens is 208 g/mol. The van der Waals surface area contributed by atoms with Crippen LogP contribution in [0.1, 0.15) is 45.2 Å². The fourth-order valence-electron chi connectivity index (χ4n) is 2.76. The van der Waals surface area contributed by atoms with Crippen LogP contribution in [0.5, 0.6) is 0 Å². The lowest BCUT2D eigenvalue weighted by molar-refractivity contribution is 0.389. The van der Waals surface area contributed by atoms with Gasteiger partial charge < -0.3 is 10.6 Å². The summed E-state index contributed by atoms with van der Waals surface area (Å²) in [6.07, 6.45) is 2.63. The van der Waals surface area contributed by atoms with E-state index in [1.54, 1.807) is 0 Å². The first kappa shape index (κ1) is 12.4. The van der Waals surface area contributed by atoms with Crippen molar-refractivity contribution < 1.29 is 0 Å². The largest absolute Gasteiger partial charge is 0.368 e. The maximum Gasteiger partial charge on any atom is 0.0417 e. The lowest BCUT2D eigenvalue weighted by Crippen LogP contribution is -2.41. The number of hydrogen-bond acceptors (Lipinski definition) is 2. The van der Waals surface area contributed by atoms with E-state index in [0.717, 1.165) is 12.5 Å². The van der Waals surface area contributed by atoms with Gasteiger partial charge in [-0.3, -0.25) is 0 Å². The molecule has 1 aromatic carbocycles. The van der Waals surface area contributed by atoms with E-state index in [0.29, 0.717) is 6.04 Å². The summed E-state index contributed by atoms with van der Waals surface area (Å²) in [5.74, 6) is 0.785. The van der Waals surface area contributed by atoms with E-state index in [4.69, 9.17) is 5.73 Å². The summed E-state index contributed by atoms with van der Waals surface area (Å²) in [6, 6.07) is 9.31. The quantitative estimate of drug-likeness (QED) is 0.847. The fraction of sp³-hybridized carbons (Fsp3) is 0.600. The highest BCUT2D eigenvalue weighted by atomic mass is 15.2. The van der Waals surface area contributed by atoms with E-state index in [9.17, 15) is 0 Å². The van der Waals surface area contributed by atoms with Crippen LogP contribution in [0.4, 0.5) is 5.69 Å². The summed E-state index contributed by atoms with van der Waals surface area (Å²) in [7, 11) is 0. The zero-order valence-electron chi connectivity index (χ0n) is 11.2. The molecule has 0 aliphatic carbocycles. The van der Waals surface area contributed by atoms with Crippen LogP contribution < -0.4 is 10.6 Å². The maximum absolute atomic E-state index is 6.07. The Labute approximate surface area is 105 Å². The van der Waals surface area contributed by atoms with Gasteiger partial charge in [0, 0.05) is 24.3 Å². The Morgan fingerprint density at radius 2 is 1.94 bits per heavy atom. The molecule has 3 atom stereocenters. The van der Waals surface area contributed by atoms with Crippen LogP contribution >= 0.6 is 0 Å². The number of benzene rings is 1. The van der Waals surface area contributed by atoms with Crippen LogP contribution in [-0.4, -0.2) is 12.6 Å². The first-order valence-corrected chi connectivity index (χ1v) is 6.70. The molecule has 1 aromatic rings. The van der Waals surface area contributed by atoms with Gasteiger partial charge in [0.05, 0.1) is 0 Å². The predicted octanol–water partition coefficient (Wildman–Crippen LogP) is 3.33. The molecule has 2 nitrogen and oxygen atoms in total. The third-order valence-corrected chi connectivity index (χ3v) is 3.85. The van der Waals surface area contributed by atoms with Gasteiger partial charge >= 0.3 is 0 Å². The average Bonchev–Trinajstić information content (AvgIpc) is 2.32. The van der Waals surface area contributed by atoms with Gasteiger partial charge in [-0.15, -0.1) is 0 Å². The summed E-state index contributed by atoms with van der Waals surface area (Å²) < 4.78 is 0. The van der Waals surface area contributed by atoms with Gasteiger partial charge in [-0.1, -0.05) is 25.1 Å². The number of anilines is 1. The number of rotatable bonds is 2. The van der Waals surface area contributed by atoms with Crippen LogP contribution in [-0.2, 0) is 0 Å². The zero-order valence-corrected chi connectivity index (χ0v) is 11.2. The number of piperidine rings is 1. The Bertz CT molecular complexity index is 373. The predicted molar refractivity (Wildman–Crippen MR) is 74.3 cm³/mol. The van der Waals surface area contributed by atoms with Crippen LogP contribution in [0, 0.1) is 5.92 Å². The molecule has 0 saturated carbocycles. The third kappa shape index (κ3) is 2.63. The first-order valence-electron chi connectivity index (χ1n) is 6.70. The summed E-state index contributed by atoms with van der Waals surface area (Å²) in [5.41, 5.74) is 8.68. The highest BCUT2D eigenvalue weighted by Crippen LogP contribution is 2.31. The van der Waals surface area contributed by atoms with Crippen molar-refractivity contribution in [3.63, 3.8) is 0 Å². The summed E-state index contributed by atoms with van der Waals surface area (Å²) in [6.45, 7) is 7.89. The standard InChI is InChI=1S/C15H24N2/c1-11-8-9-12(2)17(10-11)15-7-5-4-6-14(15)13(3)16/h4-7,11-13H,8-10,16H2,1-3H3/t11?,12?,13-/m1/s1. The van der Waals surface area contributed by atoms with Gasteiger partial charge in [-0.2, -0.15) is 0 Å². The summed E-state index contributed by atoms with van der Waals surface area (Å²) >= 11 is 0. The number of nitrogens with two attached hydrogens (primary N) is 1. The van der Waals surface area contributed by atoms with Crippen LogP contribution in [0.25, 0.3) is 0 Å². The molecule has 2 unspecified atom stereocenters. The lowest BCUT2D eigenvalue weighted by atomic mass is 9.93. The molecule has 1 heterocycles. The van der Waals surface area contributed by atoms with Crippen molar-refractivity contribution in [1.82, 2.24) is 0 Å². The Balaban J connectivity index is 2.31. The monoisotopic (exact) mass is 232 g/mol. The summed E-state index contributed by atoms with van der Waals surface area (Å²) in [5, 5.41) is 0. The molecular formula is C15H24N2. The van der Waals surface area contributed by atoms with E-state index in [1.165, 1.54) is 24.1 Å². The van der Waals surface area contributed by atoms with Crippen LogP contribution in [0.2, 0.25) is 0 Å². The molecule has 1 aliphatic rings. The maximum atomic E-state index is 6.07. The first-order chi connectivity index (χ1) is 8.09. The molecule has 2 rings (SSSR count). The molecule has 2 N–H and O–H groups in total. The molecule has 0 amide bonds. The Morgan fingerprint density at radius 1 is 1.24 bits per heavy atom. The van der Waals surface area contributed by atoms with E-state index in [1.807, 2.05) is 0 Å². The Kier molecular flexibility index (Phi) is 3.72. The SMILES string of the molecule is CC1CCC(C)N(c2ccccc2[C@@H](C)N)C1. The smallest absolute Gasteiger partial charge is 0.0417 e. The molecule has 0 radical (unpaired) electrons. The molecule has 0 bridgehead atoms. The van der Waals surface area contributed by atoms with Gasteiger partial charge in [-0.25, -0.2) is 0 Å².